The van der Waals surface area contributed by atoms with Crippen LogP contribution in [0.1, 0.15) is 15.9 Å². The van der Waals surface area contributed by atoms with Gasteiger partial charge in [0, 0.05) is 10.0 Å². The highest BCUT2D eigenvalue weighted by Crippen LogP contribution is 2.29. The summed E-state index contributed by atoms with van der Waals surface area (Å²) in [5, 5.41) is 1.10. The SMILES string of the molecule is O=C(NN1C(=O)/C(=C/C=C/c2ccccc2)SC1=S)c1ccc(Br)cc1. The van der Waals surface area contributed by atoms with Gasteiger partial charge in [0.15, 0.2) is 4.32 Å². The van der Waals surface area contributed by atoms with Crippen molar-refractivity contribution in [1.29, 1.82) is 0 Å². The van der Waals surface area contributed by atoms with E-state index >= 15 is 0 Å². The number of nitrogens with one attached hydrogen (secondary N) is 1. The fourth-order valence-corrected chi connectivity index (χ4v) is 3.55. The minimum Gasteiger partial charge on any atom is -0.267 e. The zero-order chi connectivity index (χ0) is 18.5. The first kappa shape index (κ1) is 18.6. The number of rotatable bonds is 4. The Morgan fingerprint density at radius 3 is 2.50 bits per heavy atom. The minimum atomic E-state index is -0.394. The molecule has 0 radical (unpaired) electrons. The molecule has 1 aliphatic rings. The molecule has 26 heavy (non-hydrogen) atoms. The molecule has 1 heterocycles. The summed E-state index contributed by atoms with van der Waals surface area (Å²) in [5.41, 5.74) is 4.03. The second-order valence-electron chi connectivity index (χ2n) is 5.26. The third-order valence-corrected chi connectivity index (χ3v) is 5.30. The molecule has 1 fully saturated rings. The van der Waals surface area contributed by atoms with E-state index in [0.29, 0.717) is 14.8 Å². The molecule has 3 rings (SSSR count). The van der Waals surface area contributed by atoms with Crippen LogP contribution in [0.15, 0.2) is 76.1 Å². The molecule has 0 atom stereocenters. The van der Waals surface area contributed by atoms with E-state index in [1.54, 1.807) is 36.4 Å². The van der Waals surface area contributed by atoms with Crippen LogP contribution in [0, 0.1) is 0 Å². The van der Waals surface area contributed by atoms with Crippen LogP contribution in [0.25, 0.3) is 6.08 Å². The van der Waals surface area contributed by atoms with Crippen molar-refractivity contribution in [2.75, 3.05) is 0 Å². The Balaban J connectivity index is 1.68. The summed E-state index contributed by atoms with van der Waals surface area (Å²) in [7, 11) is 0. The van der Waals surface area contributed by atoms with E-state index in [-0.39, 0.29) is 5.91 Å². The Morgan fingerprint density at radius 1 is 1.12 bits per heavy atom. The number of nitrogens with zero attached hydrogens (tertiary/aromatic N) is 1. The summed E-state index contributed by atoms with van der Waals surface area (Å²) in [6.07, 6.45) is 5.38. The molecule has 2 aromatic carbocycles. The molecule has 130 valence electrons. The molecule has 0 aliphatic carbocycles. The number of thiocarbonyl (C=S) groups is 1. The normalized spacial score (nSPS) is 15.9. The van der Waals surface area contributed by atoms with Gasteiger partial charge in [-0.2, -0.15) is 5.01 Å². The number of benzene rings is 2. The summed E-state index contributed by atoms with van der Waals surface area (Å²) >= 11 is 9.68. The Hall–Kier alpha value is -2.22. The van der Waals surface area contributed by atoms with Crippen molar-refractivity contribution in [3.63, 3.8) is 0 Å². The Labute approximate surface area is 169 Å². The van der Waals surface area contributed by atoms with Crippen LogP contribution in [-0.4, -0.2) is 21.1 Å². The minimum absolute atomic E-state index is 0.292. The van der Waals surface area contributed by atoms with E-state index in [9.17, 15) is 9.59 Å². The van der Waals surface area contributed by atoms with Crippen molar-refractivity contribution < 1.29 is 9.59 Å². The van der Waals surface area contributed by atoms with Gasteiger partial charge in [0.2, 0.25) is 0 Å². The molecule has 1 aliphatic heterocycles. The first-order valence-corrected chi connectivity index (χ1v) is 9.62. The van der Waals surface area contributed by atoms with Crippen LogP contribution in [0.4, 0.5) is 0 Å². The highest BCUT2D eigenvalue weighted by molar-refractivity contribution is 9.10. The summed E-state index contributed by atoms with van der Waals surface area (Å²) < 4.78 is 1.16. The highest BCUT2D eigenvalue weighted by Gasteiger charge is 2.33. The van der Waals surface area contributed by atoms with Gasteiger partial charge in [0.1, 0.15) is 0 Å². The van der Waals surface area contributed by atoms with Gasteiger partial charge in [0.05, 0.1) is 4.91 Å². The lowest BCUT2D eigenvalue weighted by atomic mass is 10.2. The van der Waals surface area contributed by atoms with E-state index in [1.807, 2.05) is 36.4 Å². The highest BCUT2D eigenvalue weighted by atomic mass is 79.9. The topological polar surface area (TPSA) is 49.4 Å². The lowest BCUT2D eigenvalue weighted by Gasteiger charge is -2.15. The van der Waals surface area contributed by atoms with Crippen LogP contribution >= 0.6 is 39.9 Å². The number of hydrogen-bond acceptors (Lipinski definition) is 4. The molecule has 0 unspecified atom stereocenters. The Morgan fingerprint density at radius 2 is 1.81 bits per heavy atom. The fraction of sp³-hybridized carbons (Fsp3) is 0. The smallest absolute Gasteiger partial charge is 0.267 e. The van der Waals surface area contributed by atoms with E-state index < -0.39 is 5.91 Å². The number of halogens is 1. The predicted octanol–water partition coefficient (Wildman–Crippen LogP) is 4.55. The zero-order valence-corrected chi connectivity index (χ0v) is 16.6. The summed E-state index contributed by atoms with van der Waals surface area (Å²) in [5.74, 6) is -0.738. The first-order valence-electron chi connectivity index (χ1n) is 7.61. The molecule has 0 aromatic heterocycles. The van der Waals surface area contributed by atoms with E-state index in [2.05, 4.69) is 21.4 Å². The van der Waals surface area contributed by atoms with E-state index in [1.165, 1.54) is 0 Å². The molecule has 1 N–H and O–H groups in total. The molecule has 7 heteroatoms. The number of thioether (sulfide) groups is 1. The van der Waals surface area contributed by atoms with Gasteiger partial charge in [-0.25, -0.2) is 0 Å². The van der Waals surface area contributed by atoms with Gasteiger partial charge in [-0.05, 0) is 48.1 Å². The van der Waals surface area contributed by atoms with Gasteiger partial charge in [-0.3, -0.25) is 15.0 Å². The second-order valence-corrected chi connectivity index (χ2v) is 7.85. The largest absolute Gasteiger partial charge is 0.285 e. The number of carbonyl (C=O) groups excluding carboxylic acids is 2. The summed E-state index contributed by atoms with van der Waals surface area (Å²) in [6.45, 7) is 0. The molecule has 1 saturated heterocycles. The van der Waals surface area contributed by atoms with Gasteiger partial charge in [-0.15, -0.1) is 0 Å². The van der Waals surface area contributed by atoms with Crippen molar-refractivity contribution in [2.24, 2.45) is 0 Å². The van der Waals surface area contributed by atoms with Gasteiger partial charge in [0.25, 0.3) is 11.8 Å². The van der Waals surface area contributed by atoms with E-state index in [0.717, 1.165) is 26.8 Å². The van der Waals surface area contributed by atoms with Gasteiger partial charge >= 0.3 is 0 Å². The molecule has 2 amide bonds. The number of carbonyl (C=O) groups is 2. The molecular weight excluding hydrogens is 432 g/mol. The average molecular weight is 445 g/mol. The molecule has 4 nitrogen and oxygen atoms in total. The summed E-state index contributed by atoms with van der Waals surface area (Å²) in [6, 6.07) is 16.6. The van der Waals surface area contributed by atoms with Crippen LogP contribution in [0.5, 0.6) is 0 Å². The third-order valence-electron chi connectivity index (χ3n) is 3.45. The van der Waals surface area contributed by atoms with E-state index in [4.69, 9.17) is 12.2 Å². The maximum absolute atomic E-state index is 12.5. The maximum Gasteiger partial charge on any atom is 0.285 e. The molecule has 0 bridgehead atoms. The lowest BCUT2D eigenvalue weighted by Crippen LogP contribution is -2.44. The summed E-state index contributed by atoms with van der Waals surface area (Å²) in [4.78, 5) is 25.2. The number of amides is 2. The van der Waals surface area contributed by atoms with Crippen molar-refractivity contribution in [3.05, 3.63) is 87.3 Å². The average Bonchev–Trinajstić information content (AvgIpc) is 2.91. The number of allylic oxidation sites excluding steroid dienone is 2. The third kappa shape index (κ3) is 4.49. The Bertz CT molecular complexity index is 909. The number of hydrogen-bond donors (Lipinski definition) is 1. The van der Waals surface area contributed by atoms with Gasteiger partial charge in [-0.1, -0.05) is 70.2 Å². The first-order chi connectivity index (χ1) is 12.5. The molecule has 2 aromatic rings. The van der Waals surface area contributed by atoms with Crippen molar-refractivity contribution in [3.8, 4) is 0 Å². The maximum atomic E-state index is 12.5. The predicted molar refractivity (Wildman–Crippen MR) is 112 cm³/mol. The van der Waals surface area contributed by atoms with Crippen molar-refractivity contribution in [2.45, 2.75) is 0 Å². The number of hydrazine groups is 1. The fourth-order valence-electron chi connectivity index (χ4n) is 2.16. The zero-order valence-electron chi connectivity index (χ0n) is 13.4. The van der Waals surface area contributed by atoms with Crippen LogP contribution < -0.4 is 5.43 Å². The van der Waals surface area contributed by atoms with Gasteiger partial charge < -0.3 is 0 Å². The van der Waals surface area contributed by atoms with Crippen LogP contribution in [-0.2, 0) is 4.79 Å². The Kier molecular flexibility index (Phi) is 6.03. The monoisotopic (exact) mass is 444 g/mol. The van der Waals surface area contributed by atoms with Crippen LogP contribution in [0.2, 0.25) is 0 Å². The van der Waals surface area contributed by atoms with Crippen molar-refractivity contribution in [1.82, 2.24) is 10.4 Å². The lowest BCUT2D eigenvalue weighted by molar-refractivity contribution is -0.123. The quantitative estimate of drug-likeness (QED) is 0.554. The van der Waals surface area contributed by atoms with Crippen LogP contribution in [0.3, 0.4) is 0 Å². The molecule has 0 spiro atoms. The molecular formula is C19H13BrN2O2S2. The standard InChI is InChI=1S/C19H13BrN2O2S2/c20-15-11-9-14(10-12-15)17(23)21-22-18(24)16(26-19(22)25)8-4-7-13-5-2-1-3-6-13/h1-12H,(H,21,23)/b7-4+,16-8-. The second kappa shape index (κ2) is 8.44. The molecule has 0 saturated carbocycles. The van der Waals surface area contributed by atoms with Crippen molar-refractivity contribution >= 4 is 62.1 Å².